The molecule has 8 heteroatoms. The van der Waals surface area contributed by atoms with Gasteiger partial charge in [0.15, 0.2) is 5.17 Å². The van der Waals surface area contributed by atoms with Gasteiger partial charge < -0.3 is 10.2 Å². The number of sulfonamides is 1. The number of thioether (sulfide) groups is 1. The third kappa shape index (κ3) is 3.75. The number of likely N-dealkylation sites (tertiary alicyclic amines) is 1. The Hall–Kier alpha value is -1.54. The Morgan fingerprint density at radius 2 is 2.25 bits per heavy atom. The Labute approximate surface area is 146 Å². The van der Waals surface area contributed by atoms with Crippen molar-refractivity contribution in [1.82, 2.24) is 4.90 Å². The van der Waals surface area contributed by atoms with E-state index in [1.165, 1.54) is 0 Å². The summed E-state index contributed by atoms with van der Waals surface area (Å²) in [5.41, 5.74) is 1.48. The van der Waals surface area contributed by atoms with Gasteiger partial charge in [-0.1, -0.05) is 24.8 Å². The van der Waals surface area contributed by atoms with Crippen LogP contribution in [0, 0.1) is 12.8 Å². The third-order valence-corrected chi connectivity index (χ3v) is 6.51. The molecule has 1 aromatic rings. The third-order valence-electron chi connectivity index (χ3n) is 4.20. The van der Waals surface area contributed by atoms with Crippen molar-refractivity contribution < 1.29 is 13.2 Å². The zero-order valence-corrected chi connectivity index (χ0v) is 15.4. The Morgan fingerprint density at radius 1 is 1.46 bits per heavy atom. The van der Waals surface area contributed by atoms with Crippen LogP contribution in [0.5, 0.6) is 0 Å². The van der Waals surface area contributed by atoms with Crippen molar-refractivity contribution in [2.45, 2.75) is 31.6 Å². The highest BCUT2D eigenvalue weighted by Crippen LogP contribution is 2.30. The van der Waals surface area contributed by atoms with Crippen molar-refractivity contribution in [2.24, 2.45) is 10.3 Å². The van der Waals surface area contributed by atoms with Gasteiger partial charge in [0, 0.05) is 13.1 Å². The lowest BCUT2D eigenvalue weighted by molar-refractivity contribution is -0.129. The van der Waals surface area contributed by atoms with Crippen LogP contribution in [-0.4, -0.2) is 43.2 Å². The van der Waals surface area contributed by atoms with Crippen molar-refractivity contribution in [3.63, 3.8) is 0 Å². The Morgan fingerprint density at radius 3 is 3.00 bits per heavy atom. The number of benzene rings is 1. The van der Waals surface area contributed by atoms with Gasteiger partial charge in [0.2, 0.25) is 5.91 Å². The van der Waals surface area contributed by atoms with Crippen LogP contribution in [0.2, 0.25) is 0 Å². The molecule has 0 aliphatic carbocycles. The van der Waals surface area contributed by atoms with E-state index in [2.05, 4.69) is 16.6 Å². The number of rotatable bonds is 2. The molecule has 1 N–H and O–H groups in total. The number of amides is 1. The zero-order chi connectivity index (χ0) is 17.3. The lowest BCUT2D eigenvalue weighted by atomic mass is 10.0. The molecule has 1 atom stereocenters. The van der Waals surface area contributed by atoms with Crippen LogP contribution >= 0.6 is 11.8 Å². The molecular formula is C16H21N3O3S2. The van der Waals surface area contributed by atoms with Crippen LogP contribution in [0.1, 0.15) is 25.3 Å². The second-order valence-electron chi connectivity index (χ2n) is 6.37. The number of carbonyl (C=O) groups is 1. The molecule has 0 bridgehead atoms. The molecule has 0 aromatic heterocycles. The summed E-state index contributed by atoms with van der Waals surface area (Å²) >= 11 is 1.14. The first-order valence-electron chi connectivity index (χ1n) is 7.98. The van der Waals surface area contributed by atoms with Gasteiger partial charge in [-0.15, -0.1) is 4.40 Å². The van der Waals surface area contributed by atoms with Crippen molar-refractivity contribution in [1.29, 1.82) is 0 Å². The lowest BCUT2D eigenvalue weighted by Crippen LogP contribution is -2.40. The summed E-state index contributed by atoms with van der Waals surface area (Å²) in [4.78, 5) is 14.4. The molecule has 1 aromatic carbocycles. The number of fused-ring (bicyclic) bond motifs is 1. The average molecular weight is 367 g/mol. The number of hydrogen-bond donors (Lipinski definition) is 1. The second-order valence-corrected chi connectivity index (χ2v) is 8.91. The molecular weight excluding hydrogens is 346 g/mol. The number of aryl methyl sites for hydroxylation is 1. The van der Waals surface area contributed by atoms with Crippen LogP contribution < -0.4 is 5.32 Å². The van der Waals surface area contributed by atoms with Gasteiger partial charge in [0.05, 0.1) is 11.4 Å². The molecule has 0 unspecified atom stereocenters. The second kappa shape index (κ2) is 6.76. The van der Waals surface area contributed by atoms with Crippen LogP contribution in [0.4, 0.5) is 5.69 Å². The van der Waals surface area contributed by atoms with Gasteiger partial charge in [0.1, 0.15) is 4.90 Å². The maximum Gasteiger partial charge on any atom is 0.286 e. The molecule has 2 aliphatic rings. The molecule has 2 heterocycles. The normalized spacial score (nSPS) is 22.3. The van der Waals surface area contributed by atoms with E-state index in [4.69, 9.17) is 0 Å². The van der Waals surface area contributed by atoms with Gasteiger partial charge in [-0.2, -0.15) is 8.42 Å². The quantitative estimate of drug-likeness (QED) is 0.869. The fourth-order valence-corrected chi connectivity index (χ4v) is 5.08. The average Bonchev–Trinajstić information content (AvgIpc) is 2.51. The lowest BCUT2D eigenvalue weighted by Gasteiger charge is -2.31. The first-order valence-corrected chi connectivity index (χ1v) is 10.4. The minimum atomic E-state index is -3.71. The molecule has 2 aliphatic heterocycles. The molecule has 1 amide bonds. The molecule has 130 valence electrons. The smallest absolute Gasteiger partial charge is 0.286 e. The van der Waals surface area contributed by atoms with E-state index in [0.29, 0.717) is 11.6 Å². The number of hydrogen-bond acceptors (Lipinski definition) is 5. The summed E-state index contributed by atoms with van der Waals surface area (Å²) in [5, 5.41) is 3.28. The van der Waals surface area contributed by atoms with Gasteiger partial charge in [-0.3, -0.25) is 4.79 Å². The maximum atomic E-state index is 12.3. The van der Waals surface area contributed by atoms with Crippen molar-refractivity contribution in [3.8, 4) is 0 Å². The van der Waals surface area contributed by atoms with Crippen LogP contribution in [0.3, 0.4) is 0 Å². The molecule has 1 fully saturated rings. The van der Waals surface area contributed by atoms with Crippen molar-refractivity contribution >= 4 is 38.5 Å². The van der Waals surface area contributed by atoms with Crippen LogP contribution in [-0.2, 0) is 14.8 Å². The summed E-state index contributed by atoms with van der Waals surface area (Å²) in [5.74, 6) is 0.742. The Kier molecular flexibility index (Phi) is 4.87. The van der Waals surface area contributed by atoms with E-state index in [9.17, 15) is 13.2 Å². The number of nitrogens with zero attached hydrogens (tertiary/aromatic N) is 2. The highest BCUT2D eigenvalue weighted by Gasteiger charge is 2.26. The summed E-state index contributed by atoms with van der Waals surface area (Å²) < 4.78 is 28.3. The highest BCUT2D eigenvalue weighted by molar-refractivity contribution is 8.15. The number of piperidine rings is 1. The van der Waals surface area contributed by atoms with E-state index >= 15 is 0 Å². The van der Waals surface area contributed by atoms with Crippen molar-refractivity contribution in [2.75, 3.05) is 24.2 Å². The molecule has 3 rings (SSSR count). The summed E-state index contributed by atoms with van der Waals surface area (Å²) in [7, 11) is -3.71. The molecule has 0 spiro atoms. The SMILES string of the molecule is Cc1ccc2c(c1)NC(SCC(=O)N1CCC[C@@H](C)C1)=NS2(=O)=O. The molecule has 0 radical (unpaired) electrons. The first-order chi connectivity index (χ1) is 11.3. The molecule has 1 saturated heterocycles. The fourth-order valence-electron chi connectivity index (χ4n) is 2.96. The minimum absolute atomic E-state index is 0.0310. The standard InChI is InChI=1S/C16H21N3O3S2/c1-11-5-6-14-13(8-11)17-16(18-24(14,21)22)23-10-15(20)19-7-3-4-12(2)9-19/h5-6,8,12H,3-4,7,9-10H2,1-2H3,(H,17,18)/t12-/m1/s1. The summed E-state index contributed by atoms with van der Waals surface area (Å²) in [6.45, 7) is 5.60. The topological polar surface area (TPSA) is 78.8 Å². The number of nitrogens with one attached hydrogen (secondary N) is 1. The molecule has 24 heavy (non-hydrogen) atoms. The number of anilines is 1. The zero-order valence-electron chi connectivity index (χ0n) is 13.8. The van der Waals surface area contributed by atoms with E-state index in [1.807, 2.05) is 11.8 Å². The van der Waals surface area contributed by atoms with Crippen molar-refractivity contribution in [3.05, 3.63) is 23.8 Å². The van der Waals surface area contributed by atoms with Gasteiger partial charge in [0.25, 0.3) is 10.0 Å². The predicted octanol–water partition coefficient (Wildman–Crippen LogP) is 2.46. The van der Waals surface area contributed by atoms with Gasteiger partial charge in [-0.25, -0.2) is 0 Å². The first kappa shape index (κ1) is 17.3. The van der Waals surface area contributed by atoms with E-state index in [1.54, 1.807) is 18.2 Å². The fraction of sp³-hybridized carbons (Fsp3) is 0.500. The predicted molar refractivity (Wildman–Crippen MR) is 96.9 cm³/mol. The number of amidine groups is 1. The molecule has 0 saturated carbocycles. The number of carbonyl (C=O) groups excluding carboxylic acids is 1. The maximum absolute atomic E-state index is 12.3. The van der Waals surface area contributed by atoms with Gasteiger partial charge in [-0.05, 0) is 43.4 Å². The summed E-state index contributed by atoms with van der Waals surface area (Å²) in [6.07, 6.45) is 2.18. The monoisotopic (exact) mass is 367 g/mol. The Balaban J connectivity index is 1.68. The van der Waals surface area contributed by atoms with E-state index < -0.39 is 10.0 Å². The minimum Gasteiger partial charge on any atom is -0.342 e. The van der Waals surface area contributed by atoms with E-state index in [0.717, 1.165) is 43.3 Å². The summed E-state index contributed by atoms with van der Waals surface area (Å²) in [6, 6.07) is 5.07. The Bertz CT molecular complexity index is 790. The van der Waals surface area contributed by atoms with Crippen LogP contribution in [0.15, 0.2) is 27.5 Å². The molecule has 6 nitrogen and oxygen atoms in total. The van der Waals surface area contributed by atoms with E-state index in [-0.39, 0.29) is 21.7 Å². The highest BCUT2D eigenvalue weighted by atomic mass is 32.2. The van der Waals surface area contributed by atoms with Crippen LogP contribution in [0.25, 0.3) is 0 Å². The largest absolute Gasteiger partial charge is 0.342 e. The van der Waals surface area contributed by atoms with Gasteiger partial charge >= 0.3 is 0 Å².